The summed E-state index contributed by atoms with van der Waals surface area (Å²) in [6.07, 6.45) is 5.78. The Kier molecular flexibility index (Phi) is 3.69. The molecule has 1 aliphatic carbocycles. The van der Waals surface area contributed by atoms with Crippen LogP contribution < -0.4 is 9.80 Å². The number of benzene rings is 2. The van der Waals surface area contributed by atoms with Gasteiger partial charge in [-0.05, 0) is 69.7 Å². The van der Waals surface area contributed by atoms with Gasteiger partial charge in [0, 0.05) is 22.5 Å². The Hall–Kier alpha value is -2.22. The molecule has 140 valence electrons. The molecule has 0 bridgehead atoms. The van der Waals surface area contributed by atoms with Gasteiger partial charge >= 0.3 is 0 Å². The third-order valence-electron chi connectivity index (χ3n) is 7.45. The fourth-order valence-corrected chi connectivity index (χ4v) is 6.20. The first-order valence-corrected chi connectivity index (χ1v) is 10.5. The molecule has 2 aliphatic heterocycles. The molecule has 5 rings (SSSR count). The van der Waals surface area contributed by atoms with E-state index in [4.69, 9.17) is 0 Å². The van der Waals surface area contributed by atoms with Crippen molar-refractivity contribution in [1.29, 1.82) is 0 Å². The number of nitrogens with zero attached hydrogens (tertiary/aromatic N) is 2. The summed E-state index contributed by atoms with van der Waals surface area (Å²) in [7, 11) is 0. The number of aryl methyl sites for hydroxylation is 1. The summed E-state index contributed by atoms with van der Waals surface area (Å²) in [6.45, 7) is 9.46. The highest BCUT2D eigenvalue weighted by Crippen LogP contribution is 2.60. The molecule has 0 spiro atoms. The van der Waals surface area contributed by atoms with Crippen molar-refractivity contribution in [1.82, 2.24) is 0 Å². The first kappa shape index (κ1) is 16.9. The number of hydrogen-bond donors (Lipinski definition) is 0. The lowest BCUT2D eigenvalue weighted by Gasteiger charge is -2.34. The summed E-state index contributed by atoms with van der Waals surface area (Å²) in [5.74, 6) is 0.748. The third kappa shape index (κ3) is 2.13. The van der Waals surface area contributed by atoms with E-state index in [0.717, 1.165) is 5.92 Å². The van der Waals surface area contributed by atoms with Gasteiger partial charge in [0.05, 0.1) is 5.70 Å². The second-order valence-corrected chi connectivity index (χ2v) is 8.79. The molecule has 1 saturated carbocycles. The summed E-state index contributed by atoms with van der Waals surface area (Å²) in [5, 5.41) is 0. The van der Waals surface area contributed by atoms with Crippen molar-refractivity contribution < 1.29 is 0 Å². The van der Waals surface area contributed by atoms with E-state index in [1.54, 1.807) is 11.3 Å². The lowest BCUT2D eigenvalue weighted by atomic mass is 9.70. The highest BCUT2D eigenvalue weighted by Gasteiger charge is 2.55. The molecule has 27 heavy (non-hydrogen) atoms. The van der Waals surface area contributed by atoms with Crippen LogP contribution in [0.2, 0.25) is 0 Å². The van der Waals surface area contributed by atoms with Crippen LogP contribution in [-0.4, -0.2) is 6.17 Å². The molecule has 0 N–H and O–H groups in total. The number of anilines is 2. The fourth-order valence-electron chi connectivity index (χ4n) is 6.20. The van der Waals surface area contributed by atoms with Crippen molar-refractivity contribution in [3.8, 4) is 0 Å². The monoisotopic (exact) mass is 358 g/mol. The van der Waals surface area contributed by atoms with Crippen LogP contribution in [-0.2, 0) is 5.41 Å². The Labute approximate surface area is 163 Å². The molecule has 2 aromatic carbocycles. The Morgan fingerprint density at radius 2 is 1.48 bits per heavy atom. The number of rotatable bonds is 2. The molecule has 1 fully saturated rings. The van der Waals surface area contributed by atoms with E-state index < -0.39 is 0 Å². The van der Waals surface area contributed by atoms with Crippen molar-refractivity contribution in [3.63, 3.8) is 0 Å². The summed E-state index contributed by atoms with van der Waals surface area (Å²) < 4.78 is 0. The number of fused-ring (bicyclic) bond motifs is 3. The van der Waals surface area contributed by atoms with Crippen molar-refractivity contribution in [2.45, 2.75) is 65.0 Å². The average Bonchev–Trinajstić information content (AvgIpc) is 3.35. The summed E-state index contributed by atoms with van der Waals surface area (Å²) in [5.41, 5.74) is 8.76. The van der Waals surface area contributed by atoms with E-state index in [0.29, 0.717) is 6.17 Å². The van der Waals surface area contributed by atoms with Crippen LogP contribution in [0.4, 0.5) is 11.4 Å². The van der Waals surface area contributed by atoms with E-state index in [2.05, 4.69) is 86.0 Å². The Morgan fingerprint density at radius 1 is 0.852 bits per heavy atom. The zero-order valence-corrected chi connectivity index (χ0v) is 17.0. The molecule has 0 saturated heterocycles. The van der Waals surface area contributed by atoms with Gasteiger partial charge in [0.1, 0.15) is 6.17 Å². The van der Waals surface area contributed by atoms with Crippen LogP contribution in [0.25, 0.3) is 0 Å². The van der Waals surface area contributed by atoms with Crippen molar-refractivity contribution in [2.75, 3.05) is 9.80 Å². The topological polar surface area (TPSA) is 6.48 Å². The van der Waals surface area contributed by atoms with E-state index in [1.165, 1.54) is 48.3 Å². The van der Waals surface area contributed by atoms with Crippen LogP contribution >= 0.6 is 0 Å². The van der Waals surface area contributed by atoms with Gasteiger partial charge in [0.2, 0.25) is 0 Å². The van der Waals surface area contributed by atoms with Crippen molar-refractivity contribution >= 4 is 11.4 Å². The summed E-state index contributed by atoms with van der Waals surface area (Å²) in [4.78, 5) is 5.20. The largest absolute Gasteiger partial charge is 0.322 e. The molecule has 2 nitrogen and oxygen atoms in total. The molecular weight excluding hydrogens is 328 g/mol. The van der Waals surface area contributed by atoms with Crippen LogP contribution in [0.1, 0.15) is 57.6 Å². The average molecular weight is 359 g/mol. The Morgan fingerprint density at radius 3 is 2.19 bits per heavy atom. The van der Waals surface area contributed by atoms with Crippen LogP contribution in [0.5, 0.6) is 0 Å². The molecule has 2 aromatic rings. The zero-order valence-electron chi connectivity index (χ0n) is 17.0. The molecule has 0 aromatic heterocycles. The standard InChI is InChI=1S/C25H30N2/c1-17-11-5-9-15-22(17)26-18(2)24-25(4,20-12-6-7-13-20)21-14-8-10-16-23(21)27(24)19(26)3/h5,8-11,14-16,19-20H,6-7,12-13H2,1-4H3. The molecule has 2 atom stereocenters. The van der Waals surface area contributed by atoms with E-state index in [-0.39, 0.29) is 5.41 Å². The smallest absolute Gasteiger partial charge is 0.108 e. The van der Waals surface area contributed by atoms with Gasteiger partial charge in [-0.25, -0.2) is 0 Å². The van der Waals surface area contributed by atoms with Crippen LogP contribution in [0.15, 0.2) is 59.9 Å². The van der Waals surface area contributed by atoms with Gasteiger partial charge in [-0.3, -0.25) is 0 Å². The Balaban J connectivity index is 1.73. The van der Waals surface area contributed by atoms with Gasteiger partial charge in [-0.15, -0.1) is 0 Å². The minimum absolute atomic E-state index is 0.128. The first-order chi connectivity index (χ1) is 13.0. The molecule has 3 aliphatic rings. The van der Waals surface area contributed by atoms with E-state index in [9.17, 15) is 0 Å². The maximum Gasteiger partial charge on any atom is 0.108 e. The second kappa shape index (κ2) is 5.89. The lowest BCUT2D eigenvalue weighted by molar-refractivity contribution is 0.353. The fraction of sp³-hybridized carbons (Fsp3) is 0.440. The molecule has 0 radical (unpaired) electrons. The maximum absolute atomic E-state index is 2.63. The lowest BCUT2D eigenvalue weighted by Crippen LogP contribution is -2.38. The number of allylic oxidation sites excluding steroid dienone is 2. The first-order valence-electron chi connectivity index (χ1n) is 10.5. The molecule has 2 unspecified atom stereocenters. The minimum Gasteiger partial charge on any atom is -0.322 e. The predicted molar refractivity (Wildman–Crippen MR) is 114 cm³/mol. The van der Waals surface area contributed by atoms with Gasteiger partial charge in [0.25, 0.3) is 0 Å². The maximum atomic E-state index is 2.63. The van der Waals surface area contributed by atoms with Gasteiger partial charge in [0.15, 0.2) is 0 Å². The van der Waals surface area contributed by atoms with E-state index >= 15 is 0 Å². The van der Waals surface area contributed by atoms with E-state index in [1.807, 2.05) is 0 Å². The summed E-state index contributed by atoms with van der Waals surface area (Å²) >= 11 is 0. The van der Waals surface area contributed by atoms with Crippen molar-refractivity contribution in [3.05, 3.63) is 71.1 Å². The quantitative estimate of drug-likeness (QED) is 0.616. The number of hydrogen-bond acceptors (Lipinski definition) is 2. The molecular formula is C25H30N2. The molecule has 0 amide bonds. The highest BCUT2D eigenvalue weighted by molar-refractivity contribution is 5.78. The molecule has 2 heteroatoms. The van der Waals surface area contributed by atoms with Gasteiger partial charge in [-0.1, -0.05) is 49.2 Å². The molecule has 2 heterocycles. The minimum atomic E-state index is 0.128. The van der Waals surface area contributed by atoms with Crippen molar-refractivity contribution in [2.24, 2.45) is 5.92 Å². The predicted octanol–water partition coefficient (Wildman–Crippen LogP) is 6.36. The summed E-state index contributed by atoms with van der Waals surface area (Å²) in [6, 6.07) is 18.0. The van der Waals surface area contributed by atoms with Crippen LogP contribution in [0, 0.1) is 12.8 Å². The SMILES string of the molecule is CC1=C2N(c3ccccc3C2(C)C2CCCC2)C(C)N1c1ccccc1C. The van der Waals surface area contributed by atoms with Crippen LogP contribution in [0.3, 0.4) is 0 Å². The zero-order chi connectivity index (χ0) is 18.8. The van der Waals surface area contributed by atoms with Gasteiger partial charge in [-0.2, -0.15) is 0 Å². The Bertz CT molecular complexity index is 921. The third-order valence-corrected chi connectivity index (χ3v) is 7.45. The normalized spacial score (nSPS) is 27.5. The van der Waals surface area contributed by atoms with Gasteiger partial charge < -0.3 is 9.80 Å². The second-order valence-electron chi connectivity index (χ2n) is 8.79. The number of para-hydroxylation sites is 2. The highest BCUT2D eigenvalue weighted by atomic mass is 15.4.